The standard InChI is InChI=1S/C6H14O3.C3H8/c1-2-6(3-7,4-8)5-9;1-3-2/h7-9H,2-5H2,1H3;3H2,1-2H3. The third-order valence-corrected chi connectivity index (χ3v) is 1.76. The van der Waals surface area contributed by atoms with Crippen molar-refractivity contribution in [3.05, 3.63) is 0 Å². The molecular weight excluding hydrogens is 156 g/mol. The molecule has 12 heavy (non-hydrogen) atoms. The minimum Gasteiger partial charge on any atom is -0.396 e. The van der Waals surface area contributed by atoms with Crippen LogP contribution in [0.4, 0.5) is 0 Å². The van der Waals surface area contributed by atoms with E-state index in [1.165, 1.54) is 6.42 Å². The summed E-state index contributed by atoms with van der Waals surface area (Å²) in [6.45, 7) is 5.60. The Kier molecular flexibility index (Phi) is 10.8. The molecule has 0 saturated carbocycles. The highest BCUT2D eigenvalue weighted by molar-refractivity contribution is 4.74. The molecule has 0 aliphatic rings. The zero-order chi connectivity index (χ0) is 10.0. The van der Waals surface area contributed by atoms with Crippen LogP contribution in [-0.4, -0.2) is 35.1 Å². The Hall–Kier alpha value is -0.120. The summed E-state index contributed by atoms with van der Waals surface area (Å²) in [6.07, 6.45) is 1.84. The van der Waals surface area contributed by atoms with Crippen LogP contribution in [-0.2, 0) is 0 Å². The second-order valence-corrected chi connectivity index (χ2v) is 3.04. The number of aliphatic hydroxyl groups is 3. The van der Waals surface area contributed by atoms with Crippen molar-refractivity contribution in [1.29, 1.82) is 0 Å². The van der Waals surface area contributed by atoms with Crippen molar-refractivity contribution in [2.24, 2.45) is 5.41 Å². The summed E-state index contributed by atoms with van der Waals surface area (Å²) in [7, 11) is 0. The highest BCUT2D eigenvalue weighted by atomic mass is 16.3. The van der Waals surface area contributed by atoms with E-state index in [1.807, 2.05) is 6.92 Å². The first-order valence-corrected chi connectivity index (χ1v) is 4.48. The summed E-state index contributed by atoms with van der Waals surface area (Å²) in [5, 5.41) is 26.0. The highest BCUT2D eigenvalue weighted by Crippen LogP contribution is 2.18. The van der Waals surface area contributed by atoms with Gasteiger partial charge in [-0.2, -0.15) is 0 Å². The first kappa shape index (κ1) is 14.4. The monoisotopic (exact) mass is 178 g/mol. The first-order chi connectivity index (χ1) is 5.66. The topological polar surface area (TPSA) is 60.7 Å². The van der Waals surface area contributed by atoms with Crippen LogP contribution in [0, 0.1) is 5.41 Å². The molecule has 0 aliphatic carbocycles. The van der Waals surface area contributed by atoms with Gasteiger partial charge in [-0.1, -0.05) is 27.2 Å². The molecule has 0 fully saturated rings. The lowest BCUT2D eigenvalue weighted by Crippen LogP contribution is -2.32. The van der Waals surface area contributed by atoms with Gasteiger partial charge in [-0.15, -0.1) is 0 Å². The molecule has 0 aromatic carbocycles. The van der Waals surface area contributed by atoms with Crippen LogP contribution in [0.5, 0.6) is 0 Å². The quantitative estimate of drug-likeness (QED) is 0.596. The molecule has 3 N–H and O–H groups in total. The van der Waals surface area contributed by atoms with Gasteiger partial charge in [0.25, 0.3) is 0 Å². The summed E-state index contributed by atoms with van der Waals surface area (Å²) in [4.78, 5) is 0. The second kappa shape index (κ2) is 8.97. The van der Waals surface area contributed by atoms with Gasteiger partial charge in [-0.25, -0.2) is 0 Å². The van der Waals surface area contributed by atoms with Crippen LogP contribution in [0.2, 0.25) is 0 Å². The predicted octanol–water partition coefficient (Wildman–Crippen LogP) is 0.776. The maximum Gasteiger partial charge on any atom is 0.0531 e. The largest absolute Gasteiger partial charge is 0.396 e. The number of aliphatic hydroxyl groups excluding tert-OH is 3. The van der Waals surface area contributed by atoms with Gasteiger partial charge in [0, 0.05) is 5.41 Å². The molecular formula is C9H22O3. The summed E-state index contributed by atoms with van der Waals surface area (Å²) >= 11 is 0. The maximum atomic E-state index is 8.66. The summed E-state index contributed by atoms with van der Waals surface area (Å²) in [5.41, 5.74) is -0.667. The van der Waals surface area contributed by atoms with Crippen molar-refractivity contribution in [3.8, 4) is 0 Å². The van der Waals surface area contributed by atoms with E-state index in [1.54, 1.807) is 0 Å². The van der Waals surface area contributed by atoms with Crippen molar-refractivity contribution in [2.75, 3.05) is 19.8 Å². The molecule has 3 nitrogen and oxygen atoms in total. The lowest BCUT2D eigenvalue weighted by Gasteiger charge is -2.24. The first-order valence-electron chi connectivity index (χ1n) is 4.48. The zero-order valence-electron chi connectivity index (χ0n) is 8.38. The van der Waals surface area contributed by atoms with Crippen molar-refractivity contribution < 1.29 is 15.3 Å². The minimum atomic E-state index is -0.667. The molecule has 0 amide bonds. The second-order valence-electron chi connectivity index (χ2n) is 3.04. The smallest absolute Gasteiger partial charge is 0.0531 e. The summed E-state index contributed by atoms with van der Waals surface area (Å²) < 4.78 is 0. The molecule has 76 valence electrons. The van der Waals surface area contributed by atoms with E-state index >= 15 is 0 Å². The van der Waals surface area contributed by atoms with Crippen molar-refractivity contribution in [3.63, 3.8) is 0 Å². The van der Waals surface area contributed by atoms with Crippen LogP contribution in [0.25, 0.3) is 0 Å². The van der Waals surface area contributed by atoms with Gasteiger partial charge in [-0.05, 0) is 6.42 Å². The SMILES string of the molecule is CCC.CCC(CO)(CO)CO. The van der Waals surface area contributed by atoms with E-state index in [0.29, 0.717) is 6.42 Å². The predicted molar refractivity (Wildman–Crippen MR) is 49.9 cm³/mol. The van der Waals surface area contributed by atoms with E-state index in [9.17, 15) is 0 Å². The molecule has 0 spiro atoms. The molecule has 0 atom stereocenters. The third kappa shape index (κ3) is 5.52. The molecule has 0 aliphatic heterocycles. The Morgan fingerprint density at radius 3 is 1.08 bits per heavy atom. The lowest BCUT2D eigenvalue weighted by atomic mass is 9.88. The van der Waals surface area contributed by atoms with Gasteiger partial charge in [0.15, 0.2) is 0 Å². The summed E-state index contributed by atoms with van der Waals surface area (Å²) in [5.74, 6) is 0. The fourth-order valence-electron chi connectivity index (χ4n) is 0.485. The average Bonchev–Trinajstić information content (AvgIpc) is 2.11. The van der Waals surface area contributed by atoms with Gasteiger partial charge in [0.1, 0.15) is 0 Å². The Morgan fingerprint density at radius 1 is 0.833 bits per heavy atom. The lowest BCUT2D eigenvalue weighted by molar-refractivity contribution is 0.00304. The summed E-state index contributed by atoms with van der Waals surface area (Å²) in [6, 6.07) is 0. The molecule has 0 aromatic rings. The van der Waals surface area contributed by atoms with E-state index in [-0.39, 0.29) is 19.8 Å². The third-order valence-electron chi connectivity index (χ3n) is 1.76. The van der Waals surface area contributed by atoms with Crippen molar-refractivity contribution >= 4 is 0 Å². The molecule has 0 radical (unpaired) electrons. The molecule has 0 unspecified atom stereocenters. The van der Waals surface area contributed by atoms with Crippen molar-refractivity contribution in [1.82, 2.24) is 0 Å². The number of rotatable bonds is 4. The zero-order valence-corrected chi connectivity index (χ0v) is 8.38. The van der Waals surface area contributed by atoms with Gasteiger partial charge < -0.3 is 15.3 Å². The normalized spacial score (nSPS) is 10.5. The Balaban J connectivity index is 0. The van der Waals surface area contributed by atoms with Gasteiger partial charge >= 0.3 is 0 Å². The van der Waals surface area contributed by atoms with Crippen LogP contribution in [0.15, 0.2) is 0 Å². The van der Waals surface area contributed by atoms with Crippen LogP contribution in [0.1, 0.15) is 33.6 Å². The molecule has 0 saturated heterocycles. The van der Waals surface area contributed by atoms with E-state index in [2.05, 4.69) is 13.8 Å². The average molecular weight is 178 g/mol. The minimum absolute atomic E-state index is 0.156. The molecule has 3 heteroatoms. The van der Waals surface area contributed by atoms with Crippen molar-refractivity contribution in [2.45, 2.75) is 33.6 Å². The Labute approximate surface area is 75.0 Å². The van der Waals surface area contributed by atoms with E-state index in [4.69, 9.17) is 15.3 Å². The fraction of sp³-hybridized carbons (Fsp3) is 1.00. The van der Waals surface area contributed by atoms with Crippen LogP contribution < -0.4 is 0 Å². The van der Waals surface area contributed by atoms with Gasteiger partial charge in [0.2, 0.25) is 0 Å². The Morgan fingerprint density at radius 2 is 1.08 bits per heavy atom. The number of hydrogen-bond acceptors (Lipinski definition) is 3. The molecule has 0 aromatic heterocycles. The molecule has 0 rings (SSSR count). The molecule has 0 heterocycles. The van der Waals surface area contributed by atoms with E-state index < -0.39 is 5.41 Å². The van der Waals surface area contributed by atoms with Crippen LogP contribution >= 0.6 is 0 Å². The highest BCUT2D eigenvalue weighted by Gasteiger charge is 2.24. The Bertz CT molecular complexity index is 62.3. The van der Waals surface area contributed by atoms with Gasteiger partial charge in [-0.3, -0.25) is 0 Å². The molecule has 0 bridgehead atoms. The van der Waals surface area contributed by atoms with Gasteiger partial charge in [0.05, 0.1) is 19.8 Å². The van der Waals surface area contributed by atoms with Crippen LogP contribution in [0.3, 0.4) is 0 Å². The number of hydrogen-bond donors (Lipinski definition) is 3. The maximum absolute atomic E-state index is 8.66. The fourth-order valence-corrected chi connectivity index (χ4v) is 0.485. The van der Waals surface area contributed by atoms with E-state index in [0.717, 1.165) is 0 Å².